The molecule has 1 aromatic carbocycles. The van der Waals surface area contributed by atoms with Crippen molar-refractivity contribution < 1.29 is 13.5 Å². The minimum absolute atomic E-state index is 0.211. The molecule has 0 aromatic heterocycles. The normalized spacial score (nSPS) is 15.7. The van der Waals surface area contributed by atoms with Gasteiger partial charge in [0, 0.05) is 11.3 Å². The predicted octanol–water partition coefficient (Wildman–Crippen LogP) is 2.02. The van der Waals surface area contributed by atoms with Crippen LogP contribution in [0.3, 0.4) is 0 Å². The maximum Gasteiger partial charge on any atom is 0.235 e. The van der Waals surface area contributed by atoms with Gasteiger partial charge in [0.1, 0.15) is 6.61 Å². The highest BCUT2D eigenvalue weighted by molar-refractivity contribution is 7.93. The van der Waals surface area contributed by atoms with E-state index in [1.165, 1.54) is 0 Å². The number of hydrogen-bond acceptors (Lipinski definition) is 3. The lowest BCUT2D eigenvalue weighted by Crippen LogP contribution is -2.25. The molecule has 4 nitrogen and oxygen atoms in total. The van der Waals surface area contributed by atoms with Gasteiger partial charge < -0.3 is 5.11 Å². The van der Waals surface area contributed by atoms with Crippen LogP contribution in [0.25, 0.3) is 0 Å². The topological polar surface area (TPSA) is 66.4 Å². The van der Waals surface area contributed by atoms with Crippen LogP contribution in [-0.2, 0) is 10.0 Å². The molecule has 1 fully saturated rings. The molecule has 2 N–H and O–H groups in total. The van der Waals surface area contributed by atoms with Gasteiger partial charge in [-0.2, -0.15) is 0 Å². The van der Waals surface area contributed by atoms with Crippen molar-refractivity contribution in [3.8, 4) is 11.8 Å². The first-order chi connectivity index (χ1) is 9.51. The number of benzene rings is 1. The van der Waals surface area contributed by atoms with Crippen LogP contribution in [0, 0.1) is 18.8 Å². The summed E-state index contributed by atoms with van der Waals surface area (Å²) in [6.45, 7) is 1.68. The van der Waals surface area contributed by atoms with E-state index in [1.807, 2.05) is 13.0 Å². The summed E-state index contributed by atoms with van der Waals surface area (Å²) in [6, 6.07) is 5.34. The largest absolute Gasteiger partial charge is 0.384 e. The molecule has 1 aromatic rings. The van der Waals surface area contributed by atoms with Crippen molar-refractivity contribution in [1.29, 1.82) is 0 Å². The minimum Gasteiger partial charge on any atom is -0.384 e. The van der Waals surface area contributed by atoms with Gasteiger partial charge in [-0.25, -0.2) is 8.42 Å². The van der Waals surface area contributed by atoms with Crippen molar-refractivity contribution >= 4 is 15.7 Å². The third kappa shape index (κ3) is 3.75. The summed E-state index contributed by atoms with van der Waals surface area (Å²) in [5.41, 5.74) is 2.17. The summed E-state index contributed by atoms with van der Waals surface area (Å²) < 4.78 is 27.2. The molecule has 0 amide bonds. The molecule has 1 aliphatic rings. The second kappa shape index (κ2) is 6.29. The maximum atomic E-state index is 12.3. The molecule has 1 aliphatic carbocycles. The molecule has 0 heterocycles. The highest BCUT2D eigenvalue weighted by Crippen LogP contribution is 2.26. The number of nitrogens with one attached hydrogen (secondary N) is 1. The summed E-state index contributed by atoms with van der Waals surface area (Å²) in [6.07, 6.45) is 3.43. The Morgan fingerprint density at radius 1 is 1.30 bits per heavy atom. The zero-order valence-electron chi connectivity index (χ0n) is 11.5. The molecule has 2 rings (SSSR count). The highest BCUT2D eigenvalue weighted by Gasteiger charge is 2.28. The van der Waals surface area contributed by atoms with Crippen LogP contribution in [0.4, 0.5) is 5.69 Å². The standard InChI is InChI=1S/C15H19NO3S/c1-12-9-13(5-4-8-17)11-14(10-12)16-20(18,19)15-6-2-3-7-15/h9-11,15-17H,2-3,6-8H2,1H3. The zero-order chi connectivity index (χ0) is 14.6. The number of rotatable bonds is 3. The number of anilines is 1. The Balaban J connectivity index is 2.22. The molecule has 0 bridgehead atoms. The summed E-state index contributed by atoms with van der Waals surface area (Å²) in [7, 11) is -3.31. The van der Waals surface area contributed by atoms with E-state index in [0.717, 1.165) is 31.2 Å². The van der Waals surface area contributed by atoms with Gasteiger partial charge in [-0.1, -0.05) is 24.7 Å². The van der Waals surface area contributed by atoms with Crippen molar-refractivity contribution in [1.82, 2.24) is 0 Å². The van der Waals surface area contributed by atoms with E-state index in [1.54, 1.807) is 12.1 Å². The lowest BCUT2D eigenvalue weighted by molar-refractivity contribution is 0.350. The molecular formula is C15H19NO3S. The molecule has 0 radical (unpaired) electrons. The molecule has 108 valence electrons. The van der Waals surface area contributed by atoms with Crippen LogP contribution in [0.15, 0.2) is 18.2 Å². The first kappa shape index (κ1) is 14.9. The molecule has 1 saturated carbocycles. The van der Waals surface area contributed by atoms with E-state index in [-0.39, 0.29) is 11.9 Å². The van der Waals surface area contributed by atoms with Crippen molar-refractivity contribution in [2.24, 2.45) is 0 Å². The third-order valence-electron chi connectivity index (χ3n) is 3.39. The minimum atomic E-state index is -3.31. The number of aliphatic hydroxyl groups is 1. The average molecular weight is 293 g/mol. The Hall–Kier alpha value is -1.51. The molecule has 0 unspecified atom stereocenters. The van der Waals surface area contributed by atoms with Crippen LogP contribution in [0.5, 0.6) is 0 Å². The lowest BCUT2D eigenvalue weighted by Gasteiger charge is -2.14. The molecule has 20 heavy (non-hydrogen) atoms. The number of hydrogen-bond donors (Lipinski definition) is 2. The van der Waals surface area contributed by atoms with Crippen molar-refractivity contribution in [3.05, 3.63) is 29.3 Å². The highest BCUT2D eigenvalue weighted by atomic mass is 32.2. The fourth-order valence-electron chi connectivity index (χ4n) is 2.50. The van der Waals surface area contributed by atoms with E-state index in [4.69, 9.17) is 5.11 Å². The molecule has 0 atom stereocenters. The van der Waals surface area contributed by atoms with Gasteiger partial charge in [0.05, 0.1) is 5.25 Å². The first-order valence-electron chi connectivity index (χ1n) is 6.74. The van der Waals surface area contributed by atoms with Crippen LogP contribution in [0.2, 0.25) is 0 Å². The van der Waals surface area contributed by atoms with Crippen LogP contribution >= 0.6 is 0 Å². The number of sulfonamides is 1. The van der Waals surface area contributed by atoms with E-state index in [9.17, 15) is 8.42 Å². The lowest BCUT2D eigenvalue weighted by atomic mass is 10.1. The summed E-state index contributed by atoms with van der Waals surface area (Å²) >= 11 is 0. The van der Waals surface area contributed by atoms with E-state index in [0.29, 0.717) is 11.3 Å². The molecular weight excluding hydrogens is 274 g/mol. The van der Waals surface area contributed by atoms with Gasteiger partial charge in [0.2, 0.25) is 10.0 Å². The van der Waals surface area contributed by atoms with E-state index in [2.05, 4.69) is 16.6 Å². The fourth-order valence-corrected chi connectivity index (χ4v) is 4.07. The maximum absolute atomic E-state index is 12.3. The van der Waals surface area contributed by atoms with Gasteiger partial charge in [0.25, 0.3) is 0 Å². The second-order valence-corrected chi connectivity index (χ2v) is 7.06. The third-order valence-corrected chi connectivity index (χ3v) is 5.26. The van der Waals surface area contributed by atoms with Crippen LogP contribution in [0.1, 0.15) is 36.8 Å². The van der Waals surface area contributed by atoms with Crippen molar-refractivity contribution in [2.75, 3.05) is 11.3 Å². The van der Waals surface area contributed by atoms with Gasteiger partial charge in [-0.15, -0.1) is 0 Å². The smallest absolute Gasteiger partial charge is 0.235 e. The van der Waals surface area contributed by atoms with Gasteiger partial charge in [-0.05, 0) is 43.5 Å². The molecule has 0 spiro atoms. The van der Waals surface area contributed by atoms with Gasteiger partial charge in [0.15, 0.2) is 0 Å². The van der Waals surface area contributed by atoms with Crippen molar-refractivity contribution in [2.45, 2.75) is 37.9 Å². The Labute approximate surface area is 120 Å². The number of aryl methyl sites for hydroxylation is 1. The Morgan fingerprint density at radius 2 is 2.00 bits per heavy atom. The number of aliphatic hydroxyl groups excluding tert-OH is 1. The Morgan fingerprint density at radius 3 is 2.65 bits per heavy atom. The summed E-state index contributed by atoms with van der Waals surface area (Å²) in [5.74, 6) is 5.36. The second-order valence-electron chi connectivity index (χ2n) is 5.10. The Kier molecular flexibility index (Phi) is 4.69. The van der Waals surface area contributed by atoms with Gasteiger partial charge in [-0.3, -0.25) is 4.72 Å². The molecule has 5 heteroatoms. The first-order valence-corrected chi connectivity index (χ1v) is 8.29. The van der Waals surface area contributed by atoms with Gasteiger partial charge >= 0.3 is 0 Å². The monoisotopic (exact) mass is 293 g/mol. The average Bonchev–Trinajstić information content (AvgIpc) is 2.89. The van der Waals surface area contributed by atoms with Crippen molar-refractivity contribution in [3.63, 3.8) is 0 Å². The van der Waals surface area contributed by atoms with Crippen LogP contribution < -0.4 is 4.72 Å². The quantitative estimate of drug-likeness (QED) is 0.838. The predicted molar refractivity (Wildman–Crippen MR) is 79.9 cm³/mol. The van der Waals surface area contributed by atoms with Crippen LogP contribution in [-0.4, -0.2) is 25.4 Å². The SMILES string of the molecule is Cc1cc(C#CCO)cc(NS(=O)(=O)C2CCCC2)c1. The zero-order valence-corrected chi connectivity index (χ0v) is 12.3. The summed E-state index contributed by atoms with van der Waals surface area (Å²) in [4.78, 5) is 0. The molecule has 0 aliphatic heterocycles. The Bertz CT molecular complexity index is 635. The summed E-state index contributed by atoms with van der Waals surface area (Å²) in [5, 5.41) is 8.43. The van der Waals surface area contributed by atoms with E-state index >= 15 is 0 Å². The fraction of sp³-hybridized carbons (Fsp3) is 0.467. The molecule has 0 saturated heterocycles. The van der Waals surface area contributed by atoms with E-state index < -0.39 is 10.0 Å².